The molecule has 1 N–H and O–H groups in total. The van der Waals surface area contributed by atoms with E-state index in [1.807, 2.05) is 24.3 Å². The molecule has 1 fully saturated rings. The van der Waals surface area contributed by atoms with Crippen molar-refractivity contribution in [3.8, 4) is 0 Å². The molecule has 0 unspecified atom stereocenters. The van der Waals surface area contributed by atoms with E-state index in [0.717, 1.165) is 16.9 Å². The molecule has 0 bridgehead atoms. The van der Waals surface area contributed by atoms with E-state index in [1.54, 1.807) is 13.8 Å². The summed E-state index contributed by atoms with van der Waals surface area (Å²) in [5.74, 6) is 1.24. The van der Waals surface area contributed by atoms with Crippen LogP contribution in [0.4, 0.5) is 0 Å². The highest BCUT2D eigenvalue weighted by atomic mass is 32.2. The fourth-order valence-corrected chi connectivity index (χ4v) is 5.11. The SMILES string of the molecule is Cc1noc(C)c1S(=O)(=O)N1CCN(Cc2nc3ccccc3[nH]2)CC1. The van der Waals surface area contributed by atoms with E-state index in [2.05, 4.69) is 20.0 Å². The van der Waals surface area contributed by atoms with Gasteiger partial charge in [-0.15, -0.1) is 0 Å². The quantitative estimate of drug-likeness (QED) is 0.745. The Morgan fingerprint density at radius 1 is 1.15 bits per heavy atom. The van der Waals surface area contributed by atoms with Crippen LogP contribution in [0.5, 0.6) is 0 Å². The third-order valence-corrected chi connectivity index (χ3v) is 6.85. The van der Waals surface area contributed by atoms with Crippen LogP contribution in [-0.2, 0) is 16.6 Å². The maximum Gasteiger partial charge on any atom is 0.248 e. The molecule has 4 rings (SSSR count). The molecule has 8 nitrogen and oxygen atoms in total. The molecule has 1 aliphatic heterocycles. The number of aromatic amines is 1. The number of imidazole rings is 1. The highest BCUT2D eigenvalue weighted by Gasteiger charge is 2.33. The minimum absolute atomic E-state index is 0.197. The van der Waals surface area contributed by atoms with E-state index in [4.69, 9.17) is 4.52 Å². The molecule has 0 amide bonds. The Morgan fingerprint density at radius 3 is 2.54 bits per heavy atom. The summed E-state index contributed by atoms with van der Waals surface area (Å²) in [5.41, 5.74) is 2.37. The topological polar surface area (TPSA) is 95.3 Å². The van der Waals surface area contributed by atoms with Crippen LogP contribution in [0.3, 0.4) is 0 Å². The Balaban J connectivity index is 1.44. The molecule has 1 aliphatic rings. The lowest BCUT2D eigenvalue weighted by atomic mass is 10.3. The molecule has 0 radical (unpaired) electrons. The van der Waals surface area contributed by atoms with Crippen molar-refractivity contribution in [2.24, 2.45) is 0 Å². The van der Waals surface area contributed by atoms with Gasteiger partial charge in [-0.25, -0.2) is 13.4 Å². The third kappa shape index (κ3) is 3.02. The summed E-state index contributed by atoms with van der Waals surface area (Å²) in [7, 11) is -3.57. The van der Waals surface area contributed by atoms with Crippen molar-refractivity contribution in [2.75, 3.05) is 26.2 Å². The van der Waals surface area contributed by atoms with Gasteiger partial charge in [-0.1, -0.05) is 17.3 Å². The third-order valence-electron chi connectivity index (χ3n) is 4.71. The number of sulfonamides is 1. The molecule has 0 spiro atoms. The number of hydrogen-bond donors (Lipinski definition) is 1. The highest BCUT2D eigenvalue weighted by molar-refractivity contribution is 7.89. The number of piperazine rings is 1. The fraction of sp³-hybridized carbons (Fsp3) is 0.412. The predicted molar refractivity (Wildman–Crippen MR) is 96.1 cm³/mol. The molecule has 3 aromatic rings. The predicted octanol–water partition coefficient (Wildman–Crippen LogP) is 1.67. The Hall–Kier alpha value is -2.23. The zero-order chi connectivity index (χ0) is 18.3. The van der Waals surface area contributed by atoms with Crippen molar-refractivity contribution in [2.45, 2.75) is 25.3 Å². The van der Waals surface area contributed by atoms with Crippen LogP contribution in [0.2, 0.25) is 0 Å². The number of aryl methyl sites for hydroxylation is 2. The molecular weight excluding hydrogens is 354 g/mol. The van der Waals surface area contributed by atoms with Crippen LogP contribution in [0.1, 0.15) is 17.3 Å². The summed E-state index contributed by atoms with van der Waals surface area (Å²) >= 11 is 0. The van der Waals surface area contributed by atoms with E-state index in [-0.39, 0.29) is 4.90 Å². The minimum Gasteiger partial charge on any atom is -0.360 e. The number of H-pyrrole nitrogens is 1. The second-order valence-corrected chi connectivity index (χ2v) is 8.41. The first-order chi connectivity index (χ1) is 12.4. The molecular formula is C17H21N5O3S. The Morgan fingerprint density at radius 2 is 1.88 bits per heavy atom. The van der Waals surface area contributed by atoms with Gasteiger partial charge in [0, 0.05) is 26.2 Å². The van der Waals surface area contributed by atoms with Gasteiger partial charge < -0.3 is 9.51 Å². The van der Waals surface area contributed by atoms with Crippen molar-refractivity contribution in [3.63, 3.8) is 0 Å². The number of para-hydroxylation sites is 2. The average molecular weight is 375 g/mol. The summed E-state index contributed by atoms with van der Waals surface area (Å²) < 4.78 is 32.3. The van der Waals surface area contributed by atoms with Crippen molar-refractivity contribution in [1.29, 1.82) is 0 Å². The van der Waals surface area contributed by atoms with Crippen molar-refractivity contribution < 1.29 is 12.9 Å². The van der Waals surface area contributed by atoms with E-state index in [1.165, 1.54) is 4.31 Å². The molecule has 2 aromatic heterocycles. The zero-order valence-corrected chi connectivity index (χ0v) is 15.6. The second-order valence-electron chi connectivity index (χ2n) is 6.53. The Kier molecular flexibility index (Phi) is 4.29. The molecule has 26 heavy (non-hydrogen) atoms. The lowest BCUT2D eigenvalue weighted by Crippen LogP contribution is -2.48. The maximum atomic E-state index is 12.9. The van der Waals surface area contributed by atoms with Gasteiger partial charge in [0.25, 0.3) is 0 Å². The smallest absolute Gasteiger partial charge is 0.248 e. The fourth-order valence-electron chi connectivity index (χ4n) is 3.39. The van der Waals surface area contributed by atoms with Gasteiger partial charge in [-0.05, 0) is 26.0 Å². The summed E-state index contributed by atoms with van der Waals surface area (Å²) in [5, 5.41) is 3.77. The summed E-state index contributed by atoms with van der Waals surface area (Å²) in [6.07, 6.45) is 0. The lowest BCUT2D eigenvalue weighted by Gasteiger charge is -2.33. The van der Waals surface area contributed by atoms with Crippen molar-refractivity contribution in [3.05, 3.63) is 41.5 Å². The Labute approximate surface area is 151 Å². The molecule has 138 valence electrons. The van der Waals surface area contributed by atoms with Crippen LogP contribution in [0, 0.1) is 13.8 Å². The monoisotopic (exact) mass is 375 g/mol. The standard InChI is InChI=1S/C17H21N5O3S/c1-12-17(13(2)25-20-12)26(23,24)22-9-7-21(8-10-22)11-16-18-14-5-3-4-6-15(14)19-16/h3-6H,7-11H2,1-2H3,(H,18,19). The first-order valence-electron chi connectivity index (χ1n) is 8.54. The van der Waals surface area contributed by atoms with Gasteiger partial charge in [0.15, 0.2) is 5.76 Å². The van der Waals surface area contributed by atoms with Gasteiger partial charge in [0.05, 0.1) is 17.6 Å². The van der Waals surface area contributed by atoms with Crippen LogP contribution in [0.15, 0.2) is 33.7 Å². The van der Waals surface area contributed by atoms with Gasteiger partial charge in [-0.3, -0.25) is 4.90 Å². The average Bonchev–Trinajstić information content (AvgIpc) is 3.17. The zero-order valence-electron chi connectivity index (χ0n) is 14.8. The molecule has 1 aromatic carbocycles. The number of nitrogens with zero attached hydrogens (tertiary/aromatic N) is 4. The number of benzene rings is 1. The van der Waals surface area contributed by atoms with Gasteiger partial charge >= 0.3 is 0 Å². The molecule has 0 aliphatic carbocycles. The molecule has 0 atom stereocenters. The van der Waals surface area contributed by atoms with Crippen molar-refractivity contribution >= 4 is 21.1 Å². The number of fused-ring (bicyclic) bond motifs is 1. The van der Waals surface area contributed by atoms with E-state index in [0.29, 0.717) is 44.2 Å². The highest BCUT2D eigenvalue weighted by Crippen LogP contribution is 2.24. The minimum atomic E-state index is -3.57. The van der Waals surface area contributed by atoms with E-state index >= 15 is 0 Å². The number of aromatic nitrogens is 3. The molecule has 3 heterocycles. The Bertz CT molecular complexity index is 979. The normalized spacial score (nSPS) is 17.2. The van der Waals surface area contributed by atoms with Crippen molar-refractivity contribution in [1.82, 2.24) is 24.3 Å². The van der Waals surface area contributed by atoms with Crippen LogP contribution >= 0.6 is 0 Å². The number of rotatable bonds is 4. The molecule has 0 saturated carbocycles. The van der Waals surface area contributed by atoms with Crippen LogP contribution in [0.25, 0.3) is 11.0 Å². The first-order valence-corrected chi connectivity index (χ1v) is 9.98. The van der Waals surface area contributed by atoms with Gasteiger partial charge in [0.2, 0.25) is 10.0 Å². The lowest BCUT2D eigenvalue weighted by molar-refractivity contribution is 0.178. The van der Waals surface area contributed by atoms with Crippen LogP contribution < -0.4 is 0 Å². The van der Waals surface area contributed by atoms with Gasteiger partial charge in [-0.2, -0.15) is 4.31 Å². The molecule has 1 saturated heterocycles. The van der Waals surface area contributed by atoms with E-state index < -0.39 is 10.0 Å². The largest absolute Gasteiger partial charge is 0.360 e. The first kappa shape index (κ1) is 17.2. The summed E-state index contributed by atoms with van der Waals surface area (Å²) in [6.45, 7) is 6.14. The number of hydrogen-bond acceptors (Lipinski definition) is 6. The van der Waals surface area contributed by atoms with Crippen LogP contribution in [-0.4, -0.2) is 58.9 Å². The molecule has 9 heteroatoms. The maximum absolute atomic E-state index is 12.9. The second kappa shape index (κ2) is 6.49. The summed E-state index contributed by atoms with van der Waals surface area (Å²) in [4.78, 5) is 10.3. The van der Waals surface area contributed by atoms with Gasteiger partial charge in [0.1, 0.15) is 16.4 Å². The summed E-state index contributed by atoms with van der Waals surface area (Å²) in [6, 6.07) is 7.91. The van der Waals surface area contributed by atoms with E-state index in [9.17, 15) is 8.42 Å². The number of nitrogens with one attached hydrogen (secondary N) is 1.